The van der Waals surface area contributed by atoms with Gasteiger partial charge in [0.25, 0.3) is 5.89 Å². The molecule has 2 aromatic heterocycles. The highest BCUT2D eigenvalue weighted by Crippen LogP contribution is 2.49. The van der Waals surface area contributed by atoms with Crippen LogP contribution in [0.25, 0.3) is 34.3 Å². The number of benzene rings is 2. The smallest absolute Gasteiger partial charge is 0.422 e. The molecule has 0 saturated carbocycles. The van der Waals surface area contributed by atoms with Gasteiger partial charge in [0, 0.05) is 16.7 Å². The summed E-state index contributed by atoms with van der Waals surface area (Å²) in [6, 6.07) is 11.4. The van der Waals surface area contributed by atoms with Crippen molar-refractivity contribution in [1.82, 2.24) is 20.6 Å². The Bertz CT molecular complexity index is 1530. The van der Waals surface area contributed by atoms with Crippen LogP contribution < -0.4 is 10.1 Å². The predicted molar refractivity (Wildman–Crippen MR) is 129 cm³/mol. The predicted octanol–water partition coefficient (Wildman–Crippen LogP) is 5.34. The molecule has 0 spiro atoms. The number of rotatable bonds is 4. The number of halogens is 3. The molecule has 1 aliphatic heterocycles. The normalized spacial score (nSPS) is 19.3. The number of nitrogens with one attached hydrogen (secondary N) is 1. The Morgan fingerprint density at radius 2 is 1.77 bits per heavy atom. The first-order chi connectivity index (χ1) is 18.3. The highest BCUT2D eigenvalue weighted by atomic mass is 19.4. The van der Waals surface area contributed by atoms with E-state index in [-0.39, 0.29) is 23.7 Å². The number of aliphatic hydroxyl groups is 1. The van der Waals surface area contributed by atoms with Crippen molar-refractivity contribution >= 4 is 6.09 Å². The third-order valence-electron chi connectivity index (χ3n) is 6.64. The molecule has 0 aliphatic carbocycles. The zero-order chi connectivity index (χ0) is 28.2. The fraction of sp³-hybridized carbons (Fsp3) is 0.308. The van der Waals surface area contributed by atoms with Crippen LogP contribution in [0.4, 0.5) is 18.0 Å². The third-order valence-corrected chi connectivity index (χ3v) is 6.64. The van der Waals surface area contributed by atoms with Crippen LogP contribution in [0.15, 0.2) is 57.6 Å². The third kappa shape index (κ3) is 4.48. The van der Waals surface area contributed by atoms with E-state index in [4.69, 9.17) is 13.8 Å². The van der Waals surface area contributed by atoms with Gasteiger partial charge >= 0.3 is 12.3 Å². The van der Waals surface area contributed by atoms with Crippen LogP contribution in [0, 0.1) is 5.41 Å². The first-order valence-corrected chi connectivity index (χ1v) is 11.8. The minimum Gasteiger partial charge on any atom is -0.491 e. The number of carboxylic acid groups (broad SMARTS) is 1. The van der Waals surface area contributed by atoms with Crippen LogP contribution >= 0.6 is 0 Å². The SMILES string of the molecule is CC(C)(C)[C@@]1(O)c2ccc(-c3noc(-c4onc(-c5ccccc5)c4C(F)(F)F)n3)cc2OC[C@@H]1NC(=O)O. The van der Waals surface area contributed by atoms with Crippen LogP contribution in [0.2, 0.25) is 0 Å². The molecule has 0 bridgehead atoms. The molecule has 0 fully saturated rings. The number of hydrogen-bond donors (Lipinski definition) is 3. The second kappa shape index (κ2) is 9.12. The van der Waals surface area contributed by atoms with Crippen molar-refractivity contribution in [2.75, 3.05) is 6.61 Å². The van der Waals surface area contributed by atoms with E-state index in [1.54, 1.807) is 39.0 Å². The molecule has 0 radical (unpaired) electrons. The topological polar surface area (TPSA) is 144 Å². The fourth-order valence-corrected chi connectivity index (χ4v) is 4.72. The molecule has 1 amide bonds. The number of carbonyl (C=O) groups is 1. The lowest BCUT2D eigenvalue weighted by Crippen LogP contribution is -2.61. The van der Waals surface area contributed by atoms with Crippen LogP contribution in [0.3, 0.4) is 0 Å². The average molecular weight is 544 g/mol. The number of aromatic nitrogens is 3. The quantitative estimate of drug-likeness (QED) is 0.310. The summed E-state index contributed by atoms with van der Waals surface area (Å²) in [5, 5.41) is 30.7. The second-order valence-electron chi connectivity index (χ2n) is 10.1. The average Bonchev–Trinajstić information content (AvgIpc) is 3.53. The maximum Gasteiger partial charge on any atom is 0.422 e. The van der Waals surface area contributed by atoms with E-state index in [1.807, 2.05) is 0 Å². The van der Waals surface area contributed by atoms with E-state index >= 15 is 0 Å². The van der Waals surface area contributed by atoms with Gasteiger partial charge in [-0.15, -0.1) is 0 Å². The number of ether oxygens (including phenoxy) is 1. The molecule has 10 nitrogen and oxygen atoms in total. The summed E-state index contributed by atoms with van der Waals surface area (Å²) < 4.78 is 58.0. The molecule has 3 heterocycles. The Balaban J connectivity index is 1.53. The van der Waals surface area contributed by atoms with E-state index in [0.717, 1.165) is 0 Å². The Morgan fingerprint density at radius 3 is 2.41 bits per heavy atom. The van der Waals surface area contributed by atoms with Crippen LogP contribution in [0.1, 0.15) is 31.9 Å². The Morgan fingerprint density at radius 1 is 1.05 bits per heavy atom. The van der Waals surface area contributed by atoms with Gasteiger partial charge in [0.05, 0.1) is 6.04 Å². The van der Waals surface area contributed by atoms with Crippen molar-refractivity contribution in [1.29, 1.82) is 0 Å². The van der Waals surface area contributed by atoms with E-state index in [0.29, 0.717) is 11.1 Å². The van der Waals surface area contributed by atoms with E-state index in [1.165, 1.54) is 30.3 Å². The molecule has 39 heavy (non-hydrogen) atoms. The molecule has 0 unspecified atom stereocenters. The summed E-state index contributed by atoms with van der Waals surface area (Å²) in [4.78, 5) is 15.4. The van der Waals surface area contributed by atoms with Gasteiger partial charge in [0.15, 0.2) is 0 Å². The van der Waals surface area contributed by atoms with Gasteiger partial charge in [-0.2, -0.15) is 18.2 Å². The maximum absolute atomic E-state index is 14.0. The van der Waals surface area contributed by atoms with Crippen LogP contribution in [0.5, 0.6) is 5.75 Å². The number of fused-ring (bicyclic) bond motifs is 1. The summed E-state index contributed by atoms with van der Waals surface area (Å²) in [6.45, 7) is 5.12. The molecule has 3 N–H and O–H groups in total. The molecular formula is C26H23F3N4O6. The standard InChI is InChI=1S/C26H23F3N4O6/c1-24(2,3)25(36)15-10-9-14(11-16(15)37-12-17(25)30-23(34)35)21-31-22(39-33-21)20-18(26(27,28)29)19(32-38-20)13-7-5-4-6-8-13/h4-11,17,30,36H,12H2,1-3H3,(H,34,35)/t17-,25+/m0/s1. The van der Waals surface area contributed by atoms with Crippen LogP contribution in [-0.2, 0) is 11.8 Å². The first kappa shape index (κ1) is 26.2. The summed E-state index contributed by atoms with van der Waals surface area (Å²) in [5.74, 6) is -1.07. The van der Waals surface area contributed by atoms with Crippen molar-refractivity contribution < 1.29 is 42.0 Å². The highest BCUT2D eigenvalue weighted by molar-refractivity contribution is 5.71. The van der Waals surface area contributed by atoms with Crippen molar-refractivity contribution in [2.24, 2.45) is 5.41 Å². The van der Waals surface area contributed by atoms with Crippen LogP contribution in [-0.4, -0.2) is 44.3 Å². The molecule has 5 rings (SSSR count). The monoisotopic (exact) mass is 544 g/mol. The van der Waals surface area contributed by atoms with Gasteiger partial charge in [-0.1, -0.05) is 73.5 Å². The Hall–Kier alpha value is -4.39. The fourth-order valence-electron chi connectivity index (χ4n) is 4.72. The van der Waals surface area contributed by atoms with Gasteiger partial charge in [0.2, 0.25) is 11.6 Å². The van der Waals surface area contributed by atoms with Gasteiger partial charge in [0.1, 0.15) is 29.2 Å². The molecule has 2 atom stereocenters. The zero-order valence-corrected chi connectivity index (χ0v) is 20.9. The molecular weight excluding hydrogens is 521 g/mol. The van der Waals surface area contributed by atoms with Crippen molar-refractivity contribution in [3.05, 3.63) is 59.7 Å². The summed E-state index contributed by atoms with van der Waals surface area (Å²) in [7, 11) is 0. The van der Waals surface area contributed by atoms with Gasteiger partial charge in [-0.05, 0) is 11.5 Å². The first-order valence-electron chi connectivity index (χ1n) is 11.8. The van der Waals surface area contributed by atoms with Crippen molar-refractivity contribution in [2.45, 2.75) is 38.6 Å². The summed E-state index contributed by atoms with van der Waals surface area (Å²) in [6.07, 6.45) is -6.14. The second-order valence-corrected chi connectivity index (χ2v) is 10.1. The minimum atomic E-state index is -4.83. The van der Waals surface area contributed by atoms with Gasteiger partial charge < -0.3 is 29.3 Å². The Kier molecular flexibility index (Phi) is 6.13. The van der Waals surface area contributed by atoms with E-state index in [2.05, 4.69) is 20.6 Å². The minimum absolute atomic E-state index is 0.0627. The lowest BCUT2D eigenvalue weighted by Gasteiger charge is -2.48. The molecule has 204 valence electrons. The lowest BCUT2D eigenvalue weighted by atomic mass is 9.67. The van der Waals surface area contributed by atoms with Crippen molar-refractivity contribution in [3.63, 3.8) is 0 Å². The largest absolute Gasteiger partial charge is 0.491 e. The van der Waals surface area contributed by atoms with E-state index in [9.17, 15) is 28.2 Å². The molecule has 2 aromatic carbocycles. The molecule has 13 heteroatoms. The molecule has 0 saturated heterocycles. The number of amides is 1. The Labute approximate surface area is 219 Å². The zero-order valence-electron chi connectivity index (χ0n) is 20.9. The van der Waals surface area contributed by atoms with Gasteiger partial charge in [-0.3, -0.25) is 0 Å². The maximum atomic E-state index is 14.0. The number of nitrogens with zero attached hydrogens (tertiary/aromatic N) is 3. The number of alkyl halides is 3. The molecule has 4 aromatic rings. The highest BCUT2D eigenvalue weighted by Gasteiger charge is 2.53. The molecule has 1 aliphatic rings. The summed E-state index contributed by atoms with van der Waals surface area (Å²) >= 11 is 0. The van der Waals surface area contributed by atoms with Gasteiger partial charge in [-0.25, -0.2) is 4.79 Å². The summed E-state index contributed by atoms with van der Waals surface area (Å²) in [5.41, 5.74) is -3.16. The number of hydrogen-bond acceptors (Lipinski definition) is 8. The lowest BCUT2D eigenvalue weighted by molar-refractivity contribution is -0.137. The van der Waals surface area contributed by atoms with E-state index < -0.39 is 52.2 Å². The van der Waals surface area contributed by atoms with Crippen molar-refractivity contribution in [3.8, 4) is 40.0 Å².